The minimum Gasteiger partial charge on any atom is -0.480 e. The third-order valence-corrected chi connectivity index (χ3v) is 3.95. The minimum absolute atomic E-state index is 0.0507. The first-order valence-corrected chi connectivity index (χ1v) is 6.51. The zero-order valence-corrected chi connectivity index (χ0v) is 10.9. The van der Waals surface area contributed by atoms with Gasteiger partial charge in [0.25, 0.3) is 0 Å². The summed E-state index contributed by atoms with van der Waals surface area (Å²) in [6.45, 7) is 3.99. The van der Waals surface area contributed by atoms with E-state index >= 15 is 0 Å². The highest BCUT2D eigenvalue weighted by atomic mass is 32.2. The van der Waals surface area contributed by atoms with Gasteiger partial charge >= 0.3 is 5.97 Å². The van der Waals surface area contributed by atoms with Gasteiger partial charge in [0, 0.05) is 0 Å². The summed E-state index contributed by atoms with van der Waals surface area (Å²) in [5.74, 6) is -1.42. The van der Waals surface area contributed by atoms with Crippen LogP contribution in [0.1, 0.15) is 18.4 Å². The van der Waals surface area contributed by atoms with Crippen molar-refractivity contribution in [2.24, 2.45) is 0 Å². The van der Waals surface area contributed by atoms with E-state index < -0.39 is 28.1 Å². The number of hydrogen-bond donors (Lipinski definition) is 3. The molecule has 0 aliphatic heterocycles. The molecule has 0 fully saturated rings. The quantitative estimate of drug-likeness (QED) is 0.655. The largest absolute Gasteiger partial charge is 0.480 e. The number of hydrogen-bond acceptors (Lipinski definition) is 6. The standard InChI is InChI=1S/C9H14N2O6S/c1-4-8(6(3)17-10-4)18(15,16)11-7(5(2)12)9(13)14/h5,7,11-12H,1-3H3,(H,13,14). The van der Waals surface area contributed by atoms with E-state index in [2.05, 4.69) is 5.16 Å². The molecule has 0 aromatic carbocycles. The van der Waals surface area contributed by atoms with E-state index in [1.165, 1.54) is 20.8 Å². The molecule has 2 atom stereocenters. The molecular formula is C9H14N2O6S. The minimum atomic E-state index is -4.11. The van der Waals surface area contributed by atoms with Crippen LogP contribution in [-0.2, 0) is 14.8 Å². The molecule has 18 heavy (non-hydrogen) atoms. The Hall–Kier alpha value is -1.45. The number of sulfonamides is 1. The molecule has 3 N–H and O–H groups in total. The Morgan fingerprint density at radius 2 is 2.00 bits per heavy atom. The maximum atomic E-state index is 12.0. The molecule has 0 saturated heterocycles. The van der Waals surface area contributed by atoms with Gasteiger partial charge < -0.3 is 14.7 Å². The van der Waals surface area contributed by atoms with Crippen molar-refractivity contribution in [1.29, 1.82) is 0 Å². The number of nitrogens with zero attached hydrogens (tertiary/aromatic N) is 1. The molecule has 0 radical (unpaired) electrons. The molecule has 102 valence electrons. The fourth-order valence-corrected chi connectivity index (χ4v) is 3.03. The first-order valence-electron chi connectivity index (χ1n) is 5.03. The van der Waals surface area contributed by atoms with E-state index in [1.54, 1.807) is 0 Å². The zero-order valence-electron chi connectivity index (χ0n) is 10.0. The summed E-state index contributed by atoms with van der Waals surface area (Å²) in [5.41, 5.74) is 0.120. The SMILES string of the molecule is Cc1noc(C)c1S(=O)(=O)NC(C(=O)O)C(C)O. The summed E-state index contributed by atoms with van der Waals surface area (Å²) < 4.78 is 30.5. The second kappa shape index (κ2) is 5.04. The normalized spacial score (nSPS) is 15.3. The van der Waals surface area contributed by atoms with E-state index in [0.29, 0.717) is 0 Å². The number of aromatic nitrogens is 1. The summed E-state index contributed by atoms with van der Waals surface area (Å²) in [6, 6.07) is -1.64. The van der Waals surface area contributed by atoms with Crippen LogP contribution in [0.15, 0.2) is 9.42 Å². The van der Waals surface area contributed by atoms with Gasteiger partial charge in [0.15, 0.2) is 5.76 Å². The summed E-state index contributed by atoms with van der Waals surface area (Å²) >= 11 is 0. The van der Waals surface area contributed by atoms with E-state index in [0.717, 1.165) is 0 Å². The number of aliphatic hydroxyl groups is 1. The summed E-state index contributed by atoms with van der Waals surface area (Å²) in [6.07, 6.45) is -1.38. The first kappa shape index (κ1) is 14.6. The number of carboxylic acids is 1. The lowest BCUT2D eigenvalue weighted by Gasteiger charge is -2.16. The average Bonchev–Trinajstić information content (AvgIpc) is 2.54. The van der Waals surface area contributed by atoms with Crippen LogP contribution in [0.3, 0.4) is 0 Å². The molecule has 0 aliphatic rings. The second-order valence-corrected chi connectivity index (χ2v) is 5.48. The van der Waals surface area contributed by atoms with Crippen molar-refractivity contribution < 1.29 is 27.9 Å². The molecule has 0 saturated carbocycles. The molecule has 0 spiro atoms. The van der Waals surface area contributed by atoms with Gasteiger partial charge in [-0.1, -0.05) is 5.16 Å². The Balaban J connectivity index is 3.13. The number of carbonyl (C=O) groups is 1. The molecule has 8 nitrogen and oxygen atoms in total. The molecule has 1 aromatic rings. The van der Waals surface area contributed by atoms with Crippen LogP contribution in [0.25, 0.3) is 0 Å². The summed E-state index contributed by atoms with van der Waals surface area (Å²) in [7, 11) is -4.11. The van der Waals surface area contributed by atoms with Crippen molar-refractivity contribution in [2.45, 2.75) is 37.8 Å². The topological polar surface area (TPSA) is 130 Å². The van der Waals surface area contributed by atoms with Crippen molar-refractivity contribution in [3.05, 3.63) is 11.5 Å². The Bertz CT molecular complexity index is 528. The van der Waals surface area contributed by atoms with Gasteiger partial charge in [-0.05, 0) is 20.8 Å². The first-order chi connectivity index (χ1) is 8.16. The molecule has 1 heterocycles. The van der Waals surface area contributed by atoms with Crippen LogP contribution in [0.5, 0.6) is 0 Å². The predicted molar refractivity (Wildman–Crippen MR) is 59.4 cm³/mol. The van der Waals surface area contributed by atoms with Crippen LogP contribution in [-0.4, -0.2) is 41.9 Å². The molecule has 0 bridgehead atoms. The van der Waals surface area contributed by atoms with Gasteiger partial charge in [0.2, 0.25) is 10.0 Å². The maximum Gasteiger partial charge on any atom is 0.324 e. The van der Waals surface area contributed by atoms with Crippen LogP contribution < -0.4 is 4.72 Å². The molecule has 9 heteroatoms. The fraction of sp³-hybridized carbons (Fsp3) is 0.556. The van der Waals surface area contributed by atoms with E-state index in [1.807, 2.05) is 4.72 Å². The van der Waals surface area contributed by atoms with E-state index in [9.17, 15) is 18.3 Å². The van der Waals surface area contributed by atoms with E-state index in [4.69, 9.17) is 9.63 Å². The Kier molecular flexibility index (Phi) is 4.09. The van der Waals surface area contributed by atoms with Crippen molar-refractivity contribution in [3.63, 3.8) is 0 Å². The number of nitrogens with one attached hydrogen (secondary N) is 1. The Morgan fingerprint density at radius 1 is 1.44 bits per heavy atom. The zero-order chi connectivity index (χ0) is 14.1. The number of aliphatic hydroxyl groups excluding tert-OH is 1. The van der Waals surface area contributed by atoms with Crippen LogP contribution in [0, 0.1) is 13.8 Å². The highest BCUT2D eigenvalue weighted by Gasteiger charge is 2.32. The number of aliphatic carboxylic acids is 1. The van der Waals surface area contributed by atoms with Gasteiger partial charge in [0.1, 0.15) is 16.6 Å². The molecule has 0 amide bonds. The van der Waals surface area contributed by atoms with E-state index in [-0.39, 0.29) is 16.3 Å². The van der Waals surface area contributed by atoms with Crippen molar-refractivity contribution in [3.8, 4) is 0 Å². The number of rotatable bonds is 5. The Morgan fingerprint density at radius 3 is 2.33 bits per heavy atom. The average molecular weight is 278 g/mol. The molecule has 2 unspecified atom stereocenters. The lowest BCUT2D eigenvalue weighted by molar-refractivity contribution is -0.141. The third-order valence-electron chi connectivity index (χ3n) is 2.27. The molecule has 1 aromatic heterocycles. The van der Waals surface area contributed by atoms with Crippen molar-refractivity contribution in [1.82, 2.24) is 9.88 Å². The maximum absolute atomic E-state index is 12.0. The number of aryl methyl sites for hydroxylation is 2. The fourth-order valence-electron chi connectivity index (χ4n) is 1.44. The molecule has 0 aliphatic carbocycles. The van der Waals surface area contributed by atoms with Gasteiger partial charge in [0.05, 0.1) is 6.10 Å². The summed E-state index contributed by atoms with van der Waals surface area (Å²) in [4.78, 5) is 10.6. The third kappa shape index (κ3) is 2.86. The second-order valence-electron chi connectivity index (χ2n) is 3.83. The summed E-state index contributed by atoms with van der Waals surface area (Å²) in [5, 5.41) is 21.5. The van der Waals surface area contributed by atoms with Gasteiger partial charge in [-0.25, -0.2) is 8.42 Å². The number of carboxylic acid groups (broad SMARTS) is 1. The predicted octanol–water partition coefficient (Wildman–Crippen LogP) is -0.596. The van der Waals surface area contributed by atoms with Crippen molar-refractivity contribution in [2.75, 3.05) is 0 Å². The monoisotopic (exact) mass is 278 g/mol. The van der Waals surface area contributed by atoms with Gasteiger partial charge in [-0.15, -0.1) is 0 Å². The van der Waals surface area contributed by atoms with Crippen LogP contribution in [0.2, 0.25) is 0 Å². The van der Waals surface area contributed by atoms with Gasteiger partial charge in [-0.3, -0.25) is 4.79 Å². The highest BCUT2D eigenvalue weighted by Crippen LogP contribution is 2.19. The highest BCUT2D eigenvalue weighted by molar-refractivity contribution is 7.89. The smallest absolute Gasteiger partial charge is 0.324 e. The molecule has 1 rings (SSSR count). The van der Waals surface area contributed by atoms with Crippen molar-refractivity contribution >= 4 is 16.0 Å². The van der Waals surface area contributed by atoms with Crippen LogP contribution in [0.4, 0.5) is 0 Å². The lowest BCUT2D eigenvalue weighted by Crippen LogP contribution is -2.47. The molecular weight excluding hydrogens is 264 g/mol. The van der Waals surface area contributed by atoms with Gasteiger partial charge in [-0.2, -0.15) is 4.72 Å². The lowest BCUT2D eigenvalue weighted by atomic mass is 10.2. The van der Waals surface area contributed by atoms with Crippen LogP contribution >= 0.6 is 0 Å². The Labute approximate surface area is 104 Å².